The van der Waals surface area contributed by atoms with E-state index in [0.717, 1.165) is 25.9 Å². The van der Waals surface area contributed by atoms with Crippen LogP contribution in [0.5, 0.6) is 0 Å². The van der Waals surface area contributed by atoms with Crippen LogP contribution in [0.15, 0.2) is 36.4 Å². The van der Waals surface area contributed by atoms with Crippen LogP contribution in [0, 0.1) is 24.3 Å². The molecule has 0 radical (unpaired) electrons. The van der Waals surface area contributed by atoms with Crippen LogP contribution in [0.25, 0.3) is 0 Å². The molecule has 2 aromatic carbocycles. The molecule has 3 nitrogen and oxygen atoms in total. The Labute approximate surface area is 149 Å². The number of anilines is 1. The zero-order valence-electron chi connectivity index (χ0n) is 12.7. The van der Waals surface area contributed by atoms with Crippen molar-refractivity contribution in [1.82, 2.24) is 5.32 Å². The van der Waals surface area contributed by atoms with E-state index in [1.54, 1.807) is 6.07 Å². The first-order chi connectivity index (χ1) is 10.3. The molecule has 0 fully saturated rings. The second-order valence-electron chi connectivity index (χ2n) is 5.25. The van der Waals surface area contributed by atoms with Gasteiger partial charge in [0, 0.05) is 14.8 Å². The number of benzene rings is 2. The zero-order valence-corrected chi connectivity index (χ0v) is 15.6. The third kappa shape index (κ3) is 4.51. The lowest BCUT2D eigenvalue weighted by Crippen LogP contribution is -2.34. The van der Waals surface area contributed by atoms with E-state index in [1.807, 2.05) is 45.0 Å². The monoisotopic (exact) mass is 424 g/mol. The molecule has 0 unspecified atom stereocenters. The van der Waals surface area contributed by atoms with E-state index < -0.39 is 0 Å². The number of hydrogen-bond acceptors (Lipinski definition) is 2. The molecule has 0 atom stereocenters. The van der Waals surface area contributed by atoms with Gasteiger partial charge in [0.15, 0.2) is 5.11 Å². The van der Waals surface area contributed by atoms with Crippen molar-refractivity contribution in [3.63, 3.8) is 0 Å². The van der Waals surface area contributed by atoms with Crippen LogP contribution in [0.1, 0.15) is 27.0 Å². The molecule has 0 heterocycles. The molecule has 0 saturated heterocycles. The van der Waals surface area contributed by atoms with Crippen molar-refractivity contribution in [2.75, 3.05) is 5.32 Å². The smallest absolute Gasteiger partial charge is 0.257 e. The number of carbonyl (C=O) groups excluding carboxylic acids is 1. The Kier molecular flexibility index (Phi) is 5.52. The minimum Gasteiger partial charge on any atom is -0.332 e. The molecule has 0 spiro atoms. The Balaban J connectivity index is 2.04. The fourth-order valence-corrected chi connectivity index (χ4v) is 2.84. The van der Waals surface area contributed by atoms with Crippen molar-refractivity contribution in [3.8, 4) is 0 Å². The highest BCUT2D eigenvalue weighted by Crippen LogP contribution is 2.15. The third-order valence-corrected chi connectivity index (χ3v) is 4.51. The SMILES string of the molecule is Cc1cc(C)cc(NC(=S)NC(=O)c2ccc(C)c(I)c2)c1. The summed E-state index contributed by atoms with van der Waals surface area (Å²) in [6.07, 6.45) is 0. The quantitative estimate of drug-likeness (QED) is 0.557. The number of nitrogens with one attached hydrogen (secondary N) is 2. The van der Waals surface area contributed by atoms with Crippen LogP contribution in [0.3, 0.4) is 0 Å². The number of carbonyl (C=O) groups is 1. The summed E-state index contributed by atoms with van der Waals surface area (Å²) < 4.78 is 1.05. The molecule has 0 saturated carbocycles. The van der Waals surface area contributed by atoms with Gasteiger partial charge >= 0.3 is 0 Å². The van der Waals surface area contributed by atoms with Gasteiger partial charge in [-0.25, -0.2) is 0 Å². The average Bonchev–Trinajstić information content (AvgIpc) is 2.40. The summed E-state index contributed by atoms with van der Waals surface area (Å²) in [5.41, 5.74) is 4.91. The Hall–Kier alpha value is -1.47. The highest BCUT2D eigenvalue weighted by Gasteiger charge is 2.09. The minimum atomic E-state index is -0.209. The van der Waals surface area contributed by atoms with Gasteiger partial charge in [0.2, 0.25) is 0 Å². The molecule has 1 amide bonds. The number of thiocarbonyl (C=S) groups is 1. The van der Waals surface area contributed by atoms with Crippen molar-refractivity contribution in [2.45, 2.75) is 20.8 Å². The molecule has 0 aliphatic carbocycles. The molecular formula is C17H17IN2OS. The first-order valence-electron chi connectivity index (χ1n) is 6.82. The maximum absolute atomic E-state index is 12.2. The molecule has 5 heteroatoms. The predicted octanol–water partition coefficient (Wildman–Crippen LogP) is 4.34. The largest absolute Gasteiger partial charge is 0.332 e. The molecule has 0 bridgehead atoms. The van der Waals surface area contributed by atoms with Crippen molar-refractivity contribution >= 4 is 51.5 Å². The van der Waals surface area contributed by atoms with Gasteiger partial charge in [-0.1, -0.05) is 12.1 Å². The first kappa shape index (κ1) is 16.9. The van der Waals surface area contributed by atoms with Gasteiger partial charge in [-0.3, -0.25) is 10.1 Å². The van der Waals surface area contributed by atoms with Gasteiger partial charge in [-0.2, -0.15) is 0 Å². The minimum absolute atomic E-state index is 0.209. The van der Waals surface area contributed by atoms with Crippen LogP contribution < -0.4 is 10.6 Å². The van der Waals surface area contributed by atoms with Gasteiger partial charge in [0.25, 0.3) is 5.91 Å². The summed E-state index contributed by atoms with van der Waals surface area (Å²) in [4.78, 5) is 12.2. The van der Waals surface area contributed by atoms with Gasteiger partial charge in [-0.05, 0) is 96.5 Å². The van der Waals surface area contributed by atoms with Crippen LogP contribution in [-0.2, 0) is 0 Å². The molecule has 0 aliphatic heterocycles. The fraction of sp³-hybridized carbons (Fsp3) is 0.176. The van der Waals surface area contributed by atoms with Crippen molar-refractivity contribution < 1.29 is 4.79 Å². The summed E-state index contributed by atoms with van der Waals surface area (Å²) in [5, 5.41) is 6.05. The Morgan fingerprint density at radius 2 is 1.68 bits per heavy atom. The zero-order chi connectivity index (χ0) is 16.3. The van der Waals surface area contributed by atoms with Gasteiger partial charge in [-0.15, -0.1) is 0 Å². The van der Waals surface area contributed by atoms with Crippen LogP contribution in [0.4, 0.5) is 5.69 Å². The molecule has 22 heavy (non-hydrogen) atoms. The highest BCUT2D eigenvalue weighted by molar-refractivity contribution is 14.1. The van der Waals surface area contributed by atoms with E-state index in [0.29, 0.717) is 10.7 Å². The normalized spacial score (nSPS) is 10.2. The predicted molar refractivity (Wildman–Crippen MR) is 103 cm³/mol. The maximum Gasteiger partial charge on any atom is 0.257 e. The first-order valence-corrected chi connectivity index (χ1v) is 8.30. The third-order valence-electron chi connectivity index (χ3n) is 3.14. The van der Waals surface area contributed by atoms with Crippen molar-refractivity contribution in [2.24, 2.45) is 0 Å². The fourth-order valence-electron chi connectivity index (χ4n) is 2.12. The standard InChI is InChI=1S/C17H17IN2OS/c1-10-6-11(2)8-14(7-10)19-17(22)20-16(21)13-5-4-12(3)15(18)9-13/h4-9H,1-3H3,(H2,19,20,21,22). The van der Waals surface area contributed by atoms with Crippen molar-refractivity contribution in [1.29, 1.82) is 0 Å². The van der Waals surface area contributed by atoms with Crippen LogP contribution in [-0.4, -0.2) is 11.0 Å². The molecule has 2 aromatic rings. The van der Waals surface area contributed by atoms with Gasteiger partial charge < -0.3 is 5.32 Å². The molecule has 0 aliphatic rings. The topological polar surface area (TPSA) is 41.1 Å². The summed E-state index contributed by atoms with van der Waals surface area (Å²) in [7, 11) is 0. The highest BCUT2D eigenvalue weighted by atomic mass is 127. The van der Waals surface area contributed by atoms with Crippen molar-refractivity contribution in [3.05, 3.63) is 62.2 Å². The van der Waals surface area contributed by atoms with Crippen LogP contribution in [0.2, 0.25) is 0 Å². The van der Waals surface area contributed by atoms with E-state index in [2.05, 4.69) is 39.3 Å². The molecule has 2 N–H and O–H groups in total. The maximum atomic E-state index is 12.2. The van der Waals surface area contributed by atoms with Gasteiger partial charge in [0.05, 0.1) is 0 Å². The summed E-state index contributed by atoms with van der Waals surface area (Å²) >= 11 is 7.43. The summed E-state index contributed by atoms with van der Waals surface area (Å²) in [6, 6.07) is 11.6. The lowest BCUT2D eigenvalue weighted by molar-refractivity contribution is 0.0977. The van der Waals surface area contributed by atoms with E-state index in [-0.39, 0.29) is 5.91 Å². The number of rotatable bonds is 2. The Morgan fingerprint density at radius 3 is 2.27 bits per heavy atom. The molecular weight excluding hydrogens is 407 g/mol. The van der Waals surface area contributed by atoms with E-state index in [1.165, 1.54) is 0 Å². The molecule has 114 valence electrons. The summed E-state index contributed by atoms with van der Waals surface area (Å²) in [6.45, 7) is 6.05. The van der Waals surface area contributed by atoms with Gasteiger partial charge in [0.1, 0.15) is 0 Å². The Morgan fingerprint density at radius 1 is 1.05 bits per heavy atom. The number of aryl methyl sites for hydroxylation is 3. The molecule has 0 aromatic heterocycles. The van der Waals surface area contributed by atoms with E-state index in [9.17, 15) is 4.79 Å². The second-order valence-corrected chi connectivity index (χ2v) is 6.82. The average molecular weight is 424 g/mol. The second kappa shape index (κ2) is 7.19. The Bertz CT molecular complexity index is 723. The lowest BCUT2D eigenvalue weighted by Gasteiger charge is -2.11. The summed E-state index contributed by atoms with van der Waals surface area (Å²) in [5.74, 6) is -0.209. The number of amides is 1. The number of halogens is 1. The van der Waals surface area contributed by atoms with E-state index >= 15 is 0 Å². The number of hydrogen-bond donors (Lipinski definition) is 2. The lowest BCUT2D eigenvalue weighted by atomic mass is 10.1. The van der Waals surface area contributed by atoms with Crippen LogP contribution >= 0.6 is 34.8 Å². The molecule has 2 rings (SSSR count). The van der Waals surface area contributed by atoms with E-state index in [4.69, 9.17) is 12.2 Å².